The van der Waals surface area contributed by atoms with E-state index in [1.165, 1.54) is 57.6 Å². The van der Waals surface area contributed by atoms with Gasteiger partial charge in [0.25, 0.3) is 0 Å². The van der Waals surface area contributed by atoms with Gasteiger partial charge in [0.15, 0.2) is 0 Å². The predicted octanol–water partition coefficient (Wildman–Crippen LogP) is 15.6. The summed E-state index contributed by atoms with van der Waals surface area (Å²) < 4.78 is 17.1. The third-order valence-corrected chi connectivity index (χ3v) is 15.9. The minimum Gasteiger partial charge on any atom is -0.468 e. The van der Waals surface area contributed by atoms with E-state index in [2.05, 4.69) is 215 Å². The number of anilines is 6. The van der Waals surface area contributed by atoms with Crippen molar-refractivity contribution in [2.24, 2.45) is 0 Å². The number of thiophene rings is 2. The molecular weight excluding hydrogens is 832 g/mol. The maximum atomic E-state index is 7.23. The van der Waals surface area contributed by atoms with E-state index in [1.807, 2.05) is 22.7 Å². The Hall–Kier alpha value is -6.80. The second-order valence-electron chi connectivity index (χ2n) is 19.8. The summed E-state index contributed by atoms with van der Waals surface area (Å²) in [5, 5.41) is 4.75. The first-order valence-electron chi connectivity index (χ1n) is 22.5. The van der Waals surface area contributed by atoms with Gasteiger partial charge >= 0.3 is 6.71 Å². The zero-order valence-electron chi connectivity index (χ0n) is 37.2. The highest BCUT2D eigenvalue weighted by molar-refractivity contribution is 7.22. The van der Waals surface area contributed by atoms with E-state index < -0.39 is 0 Å². The molecule has 65 heavy (non-hydrogen) atoms. The topological polar surface area (TPSA) is 32.8 Å². The van der Waals surface area contributed by atoms with Crippen molar-refractivity contribution in [2.45, 2.75) is 52.4 Å². The second-order valence-corrected chi connectivity index (χ2v) is 21.9. The molecule has 0 spiro atoms. The Morgan fingerprint density at radius 2 is 0.877 bits per heavy atom. The van der Waals surface area contributed by atoms with Crippen LogP contribution in [0.15, 0.2) is 173 Å². The number of fused-ring (bicyclic) bond motifs is 10. The first-order chi connectivity index (χ1) is 31.5. The van der Waals surface area contributed by atoms with E-state index in [-0.39, 0.29) is 17.5 Å². The van der Waals surface area contributed by atoms with Crippen LogP contribution in [0.1, 0.15) is 52.7 Å². The Labute approximate surface area is 387 Å². The highest BCUT2D eigenvalue weighted by Crippen LogP contribution is 2.50. The van der Waals surface area contributed by atoms with Crippen molar-refractivity contribution in [3.8, 4) is 20.9 Å². The van der Waals surface area contributed by atoms with Crippen molar-refractivity contribution in [2.75, 3.05) is 9.80 Å². The summed E-state index contributed by atoms with van der Waals surface area (Å²) in [4.78, 5) is 7.43. The van der Waals surface area contributed by atoms with Crippen molar-refractivity contribution < 1.29 is 8.83 Å². The molecule has 2 aliphatic rings. The van der Waals surface area contributed by atoms with Gasteiger partial charge in [-0.1, -0.05) is 120 Å². The van der Waals surface area contributed by atoms with Gasteiger partial charge in [0, 0.05) is 52.7 Å². The van der Waals surface area contributed by atoms with Crippen LogP contribution >= 0.6 is 22.7 Å². The van der Waals surface area contributed by atoms with E-state index in [4.69, 9.17) is 8.83 Å². The van der Waals surface area contributed by atoms with Crippen LogP contribution in [-0.4, -0.2) is 6.71 Å². The molecule has 0 aliphatic carbocycles. The summed E-state index contributed by atoms with van der Waals surface area (Å²) in [5.41, 5.74) is 16.1. The molecule has 0 unspecified atom stereocenters. The Morgan fingerprint density at radius 1 is 0.446 bits per heavy atom. The SMILES string of the molecule is CC(C)(C)c1ccc2oc3c(c2c1)N(c1ccc(-c2cc4ccccc4s2)cc1)c1cccc2c1B3c1oc3ccc(C(C)(C)C)cc3c1N2c1ccc(-c2cc3ccccc3s2)cc1. The molecule has 0 radical (unpaired) electrons. The monoisotopic (exact) mass is 876 g/mol. The molecule has 0 atom stereocenters. The molecule has 11 aromatic rings. The Bertz CT molecular complexity index is 3400. The number of benzene rings is 7. The smallest absolute Gasteiger partial charge is 0.342 e. The van der Waals surface area contributed by atoms with Crippen LogP contribution in [0, 0.1) is 0 Å². The van der Waals surface area contributed by atoms with Gasteiger partial charge in [-0.2, -0.15) is 0 Å². The summed E-state index contributed by atoms with van der Waals surface area (Å²) in [6.45, 7) is 13.4. The summed E-state index contributed by atoms with van der Waals surface area (Å²) >= 11 is 3.68. The lowest BCUT2D eigenvalue weighted by Crippen LogP contribution is -2.60. The molecule has 0 bridgehead atoms. The summed E-state index contributed by atoms with van der Waals surface area (Å²) in [6.07, 6.45) is 0. The molecule has 0 N–H and O–H groups in total. The fraction of sp³-hybridized carbons (Fsp3) is 0.138. The van der Waals surface area contributed by atoms with Crippen molar-refractivity contribution in [1.82, 2.24) is 0 Å². The van der Waals surface area contributed by atoms with Crippen molar-refractivity contribution in [3.63, 3.8) is 0 Å². The Balaban J connectivity index is 1.05. The average Bonchev–Trinajstić information content (AvgIpc) is 4.11. The summed E-state index contributed by atoms with van der Waals surface area (Å²) in [6, 6.07) is 60.4. The molecule has 0 saturated heterocycles. The number of rotatable bonds is 4. The molecule has 6 heterocycles. The zero-order chi connectivity index (χ0) is 43.9. The highest BCUT2D eigenvalue weighted by atomic mass is 32.1. The van der Waals surface area contributed by atoms with Gasteiger partial charge in [0.2, 0.25) is 0 Å². The normalized spacial score (nSPS) is 13.6. The van der Waals surface area contributed by atoms with Crippen molar-refractivity contribution in [3.05, 3.63) is 175 Å². The molecule has 0 saturated carbocycles. The first kappa shape index (κ1) is 38.6. The van der Waals surface area contributed by atoms with Gasteiger partial charge in [-0.25, -0.2) is 0 Å². The van der Waals surface area contributed by atoms with Crippen LogP contribution in [0.2, 0.25) is 0 Å². The van der Waals surface area contributed by atoms with Crippen LogP contribution < -0.4 is 26.6 Å². The average molecular weight is 877 g/mol. The number of hydrogen-bond acceptors (Lipinski definition) is 6. The van der Waals surface area contributed by atoms with Gasteiger partial charge in [-0.15, -0.1) is 22.7 Å². The molecule has 314 valence electrons. The fourth-order valence-electron chi connectivity index (χ4n) is 10.2. The van der Waals surface area contributed by atoms with E-state index in [0.29, 0.717) is 0 Å². The van der Waals surface area contributed by atoms with Crippen LogP contribution in [0.5, 0.6) is 0 Å². The van der Waals surface area contributed by atoms with Crippen molar-refractivity contribution in [1.29, 1.82) is 0 Å². The number of hydrogen-bond donors (Lipinski definition) is 0. The lowest BCUT2D eigenvalue weighted by molar-refractivity contribution is 0.590. The van der Waals surface area contributed by atoms with Crippen LogP contribution in [0.3, 0.4) is 0 Å². The quantitative estimate of drug-likeness (QED) is 0.165. The molecule has 2 aliphatic heterocycles. The molecule has 0 fully saturated rings. The van der Waals surface area contributed by atoms with Crippen LogP contribution in [0.25, 0.3) is 63.0 Å². The van der Waals surface area contributed by atoms with Crippen LogP contribution in [0.4, 0.5) is 34.1 Å². The standard InChI is InChI=1S/C58H45BN2O2S2/c1-57(2,3)38-22-28-46-42(32-38)53-55(62-46)59-52-44(60(53)40-24-18-34(19-25-40)50-30-36-12-7-9-16-48(36)64-50)14-11-15-45(52)61(54-43-33-39(58(4,5)6)23-29-47(43)63-56(54)59)41-26-20-35(21-27-41)51-31-37-13-8-10-17-49(37)65-51/h7-33H,1-6H3. The zero-order valence-corrected chi connectivity index (χ0v) is 38.8. The van der Waals surface area contributed by atoms with E-state index in [1.54, 1.807) is 0 Å². The predicted molar refractivity (Wildman–Crippen MR) is 279 cm³/mol. The summed E-state index contributed by atoms with van der Waals surface area (Å²) in [7, 11) is 0. The van der Waals surface area contributed by atoms with Gasteiger partial charge in [-0.3, -0.25) is 0 Å². The third-order valence-electron chi connectivity index (χ3n) is 13.6. The fourth-order valence-corrected chi connectivity index (χ4v) is 12.3. The van der Waals surface area contributed by atoms with Crippen molar-refractivity contribution >= 4 is 122 Å². The third kappa shape index (κ3) is 5.95. The first-order valence-corrected chi connectivity index (χ1v) is 24.1. The molecule has 13 rings (SSSR count). The number of furan rings is 2. The number of nitrogens with zero attached hydrogens (tertiary/aromatic N) is 2. The largest absolute Gasteiger partial charge is 0.468 e. The Kier molecular flexibility index (Phi) is 8.24. The second kappa shape index (κ2) is 13.9. The lowest BCUT2D eigenvalue weighted by Gasteiger charge is -2.40. The molecule has 7 aromatic carbocycles. The maximum absolute atomic E-state index is 7.23. The molecule has 4 aromatic heterocycles. The maximum Gasteiger partial charge on any atom is 0.342 e. The van der Waals surface area contributed by atoms with Gasteiger partial charge in [0.05, 0.1) is 11.4 Å². The molecule has 4 nitrogen and oxygen atoms in total. The van der Waals surface area contributed by atoms with E-state index in [9.17, 15) is 0 Å². The van der Waals surface area contributed by atoms with Crippen LogP contribution in [-0.2, 0) is 10.8 Å². The van der Waals surface area contributed by atoms with Gasteiger partial charge in [0.1, 0.15) is 22.5 Å². The minimum absolute atomic E-state index is 0.0522. The lowest BCUT2D eigenvalue weighted by atomic mass is 9.37. The minimum atomic E-state index is -0.287. The van der Waals surface area contributed by atoms with Gasteiger partial charge < -0.3 is 18.6 Å². The molecule has 0 amide bonds. The Morgan fingerprint density at radius 3 is 1.29 bits per heavy atom. The van der Waals surface area contributed by atoms with E-state index in [0.717, 1.165) is 67.4 Å². The highest BCUT2D eigenvalue weighted by Gasteiger charge is 2.49. The van der Waals surface area contributed by atoms with E-state index >= 15 is 0 Å². The molecule has 7 heteroatoms. The molecular formula is C58H45BN2O2S2. The van der Waals surface area contributed by atoms with Gasteiger partial charge in [-0.05, 0) is 134 Å². The summed E-state index contributed by atoms with van der Waals surface area (Å²) in [5.74, 6) is 0.